The van der Waals surface area contributed by atoms with E-state index in [0.29, 0.717) is 12.2 Å². The molecule has 1 fully saturated rings. The lowest BCUT2D eigenvalue weighted by molar-refractivity contribution is -0.129. The Morgan fingerprint density at radius 3 is 1.70 bits per heavy atom. The van der Waals surface area contributed by atoms with Crippen LogP contribution in [0, 0.1) is 12.3 Å². The van der Waals surface area contributed by atoms with Crippen LogP contribution in [-0.4, -0.2) is 11.6 Å². The van der Waals surface area contributed by atoms with Crippen molar-refractivity contribution in [3.05, 3.63) is 47.5 Å². The van der Waals surface area contributed by atoms with Gasteiger partial charge in [-0.25, -0.2) is 0 Å². The summed E-state index contributed by atoms with van der Waals surface area (Å²) in [6.07, 6.45) is 6.11. The molecule has 1 aliphatic rings. The quantitative estimate of drug-likeness (QED) is 0.507. The van der Waals surface area contributed by atoms with Gasteiger partial charge < -0.3 is 4.79 Å². The number of aryl methyl sites for hydroxylation is 2. The second kappa shape index (κ2) is 15.4. The van der Waals surface area contributed by atoms with E-state index < -0.39 is 0 Å². The molecule has 2 heteroatoms. The van der Waals surface area contributed by atoms with Gasteiger partial charge in [-0.2, -0.15) is 0 Å². The first-order valence-electron chi connectivity index (χ1n) is 10.3. The van der Waals surface area contributed by atoms with Crippen molar-refractivity contribution in [2.45, 2.75) is 93.9 Å². The predicted molar refractivity (Wildman–Crippen MR) is 119 cm³/mol. The summed E-state index contributed by atoms with van der Waals surface area (Å²) in [5.74, 6) is 0.624. The third-order valence-electron chi connectivity index (χ3n) is 4.80. The van der Waals surface area contributed by atoms with Crippen LogP contribution in [0.4, 0.5) is 0 Å². The molecule has 0 aromatic heterocycles. The molecule has 0 unspecified atom stereocenters. The van der Waals surface area contributed by atoms with E-state index in [1.54, 1.807) is 13.8 Å². The number of benzene rings is 1. The summed E-state index contributed by atoms with van der Waals surface area (Å²) >= 11 is 0. The molecule has 154 valence electrons. The Morgan fingerprint density at radius 1 is 1.04 bits per heavy atom. The van der Waals surface area contributed by atoms with Gasteiger partial charge in [0.15, 0.2) is 0 Å². The first kappa shape index (κ1) is 27.5. The standard InChI is InChI=1S/C11H14O.C7H12O.C5H10.C2H6/c1-9-3-6-11(7-4-9)8-5-10(2)12;1-6(8)7(2)4-3-5-7;1-4-5(2)3;1-2/h3-4,6-7H,5,8H2,1-2H3;3-5H2,1-2H3;2,4H2,1,3H3;1-2H3. The average Bonchev–Trinajstić information content (AvgIpc) is 2.61. The number of Topliss-reactive ketones (excluding diaryl/α,β-unsaturated/α-hetero) is 2. The molecule has 0 bridgehead atoms. The molecule has 1 saturated carbocycles. The van der Waals surface area contributed by atoms with E-state index >= 15 is 0 Å². The summed E-state index contributed by atoms with van der Waals surface area (Å²) in [6, 6.07) is 8.32. The Kier molecular flexibility index (Phi) is 15.7. The van der Waals surface area contributed by atoms with Gasteiger partial charge in [0.2, 0.25) is 0 Å². The molecule has 1 aliphatic carbocycles. The van der Waals surface area contributed by atoms with Crippen LogP contribution < -0.4 is 0 Å². The van der Waals surface area contributed by atoms with Crippen molar-refractivity contribution in [1.82, 2.24) is 0 Å². The highest BCUT2D eigenvalue weighted by Gasteiger charge is 2.35. The summed E-state index contributed by atoms with van der Waals surface area (Å²) in [4.78, 5) is 21.4. The molecule has 0 spiro atoms. The molecule has 0 aliphatic heterocycles. The summed E-state index contributed by atoms with van der Waals surface area (Å²) < 4.78 is 0. The highest BCUT2D eigenvalue weighted by atomic mass is 16.1. The molecular formula is C25H42O2. The minimum Gasteiger partial charge on any atom is -0.300 e. The van der Waals surface area contributed by atoms with E-state index in [4.69, 9.17) is 0 Å². The second-order valence-electron chi connectivity index (χ2n) is 7.47. The number of ketones is 2. The molecular weight excluding hydrogens is 332 g/mol. The molecule has 27 heavy (non-hydrogen) atoms. The minimum absolute atomic E-state index is 0.0833. The number of carbonyl (C=O) groups is 2. The minimum atomic E-state index is 0.0833. The van der Waals surface area contributed by atoms with Crippen LogP contribution in [0.3, 0.4) is 0 Å². The third kappa shape index (κ3) is 14.1. The van der Waals surface area contributed by atoms with Crippen LogP contribution in [0.1, 0.15) is 91.7 Å². The van der Waals surface area contributed by atoms with Crippen molar-refractivity contribution in [3.63, 3.8) is 0 Å². The van der Waals surface area contributed by atoms with E-state index in [1.165, 1.54) is 23.1 Å². The second-order valence-corrected chi connectivity index (χ2v) is 7.47. The van der Waals surface area contributed by atoms with Gasteiger partial charge >= 0.3 is 0 Å². The van der Waals surface area contributed by atoms with E-state index in [2.05, 4.69) is 51.6 Å². The molecule has 1 aromatic carbocycles. The zero-order valence-electron chi connectivity index (χ0n) is 19.1. The third-order valence-corrected chi connectivity index (χ3v) is 4.80. The first-order valence-corrected chi connectivity index (χ1v) is 10.3. The fourth-order valence-electron chi connectivity index (χ4n) is 2.13. The average molecular weight is 375 g/mol. The number of rotatable bonds is 5. The highest BCUT2D eigenvalue weighted by molar-refractivity contribution is 5.82. The molecule has 0 atom stereocenters. The van der Waals surface area contributed by atoms with Gasteiger partial charge in [-0.05, 0) is 58.9 Å². The monoisotopic (exact) mass is 374 g/mol. The van der Waals surface area contributed by atoms with Crippen molar-refractivity contribution >= 4 is 11.6 Å². The molecule has 0 saturated heterocycles. The SMILES string of the molecule is C=C(C)CC.CC.CC(=O)C1(C)CCC1.CC(=O)CCc1ccc(C)cc1. The lowest BCUT2D eigenvalue weighted by atomic mass is 9.68. The Morgan fingerprint density at radius 2 is 1.48 bits per heavy atom. The van der Waals surface area contributed by atoms with Gasteiger partial charge in [0.25, 0.3) is 0 Å². The van der Waals surface area contributed by atoms with Crippen LogP contribution in [0.15, 0.2) is 36.4 Å². The van der Waals surface area contributed by atoms with Crippen LogP contribution in [0.5, 0.6) is 0 Å². The zero-order chi connectivity index (χ0) is 21.5. The lowest BCUT2D eigenvalue weighted by Crippen LogP contribution is -2.32. The Labute approximate surface area is 168 Å². The predicted octanol–water partition coefficient (Wildman–Crippen LogP) is 7.28. The maximum atomic E-state index is 10.7. The molecule has 2 rings (SSSR count). The molecule has 0 N–H and O–H groups in total. The van der Waals surface area contributed by atoms with Crippen molar-refractivity contribution in [1.29, 1.82) is 0 Å². The highest BCUT2D eigenvalue weighted by Crippen LogP contribution is 2.40. The summed E-state index contributed by atoms with van der Waals surface area (Å²) in [5.41, 5.74) is 3.85. The van der Waals surface area contributed by atoms with Gasteiger partial charge in [-0.3, -0.25) is 4.79 Å². The summed E-state index contributed by atoms with van der Waals surface area (Å²) in [5, 5.41) is 0. The van der Waals surface area contributed by atoms with Crippen LogP contribution in [0.2, 0.25) is 0 Å². The van der Waals surface area contributed by atoms with Crippen molar-refractivity contribution in [2.75, 3.05) is 0 Å². The fourth-order valence-corrected chi connectivity index (χ4v) is 2.13. The van der Waals surface area contributed by atoms with Crippen LogP contribution in [0.25, 0.3) is 0 Å². The maximum Gasteiger partial charge on any atom is 0.135 e. The Balaban J connectivity index is 0. The van der Waals surface area contributed by atoms with E-state index in [-0.39, 0.29) is 11.2 Å². The van der Waals surface area contributed by atoms with Crippen molar-refractivity contribution < 1.29 is 9.59 Å². The first-order chi connectivity index (χ1) is 12.6. The number of carbonyl (C=O) groups excluding carboxylic acids is 2. The largest absolute Gasteiger partial charge is 0.300 e. The summed E-state index contributed by atoms with van der Waals surface area (Å²) in [7, 11) is 0. The summed E-state index contributed by atoms with van der Waals surface area (Å²) in [6.45, 7) is 19.2. The Bertz CT molecular complexity index is 548. The topological polar surface area (TPSA) is 34.1 Å². The van der Waals surface area contributed by atoms with Gasteiger partial charge in [-0.1, -0.05) is 69.5 Å². The van der Waals surface area contributed by atoms with E-state index in [0.717, 1.165) is 25.7 Å². The lowest BCUT2D eigenvalue weighted by Gasteiger charge is -2.35. The maximum absolute atomic E-state index is 10.7. The number of hydrogen-bond acceptors (Lipinski definition) is 2. The number of hydrogen-bond donors (Lipinski definition) is 0. The normalized spacial score (nSPS) is 13.2. The molecule has 0 heterocycles. The molecule has 0 amide bonds. The number of allylic oxidation sites excluding steroid dienone is 1. The van der Waals surface area contributed by atoms with Crippen molar-refractivity contribution in [2.24, 2.45) is 5.41 Å². The Hall–Kier alpha value is -1.70. The van der Waals surface area contributed by atoms with E-state index in [9.17, 15) is 9.59 Å². The van der Waals surface area contributed by atoms with Gasteiger partial charge in [-0.15, -0.1) is 6.58 Å². The molecule has 2 nitrogen and oxygen atoms in total. The fraction of sp³-hybridized carbons (Fsp3) is 0.600. The van der Waals surface area contributed by atoms with E-state index in [1.807, 2.05) is 20.8 Å². The molecule has 0 radical (unpaired) electrons. The van der Waals surface area contributed by atoms with Crippen molar-refractivity contribution in [3.8, 4) is 0 Å². The van der Waals surface area contributed by atoms with Gasteiger partial charge in [0, 0.05) is 11.8 Å². The van der Waals surface area contributed by atoms with Crippen LogP contribution in [-0.2, 0) is 16.0 Å². The molecule has 1 aromatic rings. The van der Waals surface area contributed by atoms with Gasteiger partial charge in [0.1, 0.15) is 11.6 Å². The van der Waals surface area contributed by atoms with Crippen LogP contribution >= 0.6 is 0 Å². The zero-order valence-corrected chi connectivity index (χ0v) is 19.1. The smallest absolute Gasteiger partial charge is 0.135 e. The van der Waals surface area contributed by atoms with Gasteiger partial charge in [0.05, 0.1) is 0 Å².